The molecular weight excluding hydrogens is 421 g/mol. The van der Waals surface area contributed by atoms with Crippen molar-refractivity contribution in [2.75, 3.05) is 20.2 Å². The van der Waals surface area contributed by atoms with Gasteiger partial charge in [0.2, 0.25) is 0 Å². The number of carboxylic acids is 1. The average Bonchev–Trinajstić information content (AvgIpc) is 2.84. The molecule has 4 rings (SSSR count). The highest BCUT2D eigenvalue weighted by Crippen LogP contribution is 2.37. The maximum Gasteiger partial charge on any atom is 0.306 e. The lowest BCUT2D eigenvalue weighted by molar-refractivity contribution is -0.143. The third-order valence-corrected chi connectivity index (χ3v) is 6.15. The number of nitrogens with zero attached hydrogens (tertiary/aromatic N) is 1. The number of likely N-dealkylation sites (tertiary alicyclic amines) is 1. The van der Waals surface area contributed by atoms with Gasteiger partial charge in [0.1, 0.15) is 12.4 Å². The summed E-state index contributed by atoms with van der Waals surface area (Å²) in [6, 6.07) is 22.1. The lowest BCUT2D eigenvalue weighted by Crippen LogP contribution is -2.39. The summed E-state index contributed by atoms with van der Waals surface area (Å²) in [4.78, 5) is 13.6. The Balaban J connectivity index is 1.61. The highest BCUT2D eigenvalue weighted by Gasteiger charge is 2.30. The summed E-state index contributed by atoms with van der Waals surface area (Å²) in [7, 11) is 1.60. The van der Waals surface area contributed by atoms with Gasteiger partial charge in [-0.1, -0.05) is 48.5 Å². The van der Waals surface area contributed by atoms with Gasteiger partial charge in [-0.15, -0.1) is 0 Å². The van der Waals surface area contributed by atoms with Crippen LogP contribution in [0.4, 0.5) is 4.39 Å². The molecule has 0 aliphatic carbocycles. The summed E-state index contributed by atoms with van der Waals surface area (Å²) in [5.41, 5.74) is 2.82. The first kappa shape index (κ1) is 22.8. The lowest BCUT2D eigenvalue weighted by atomic mass is 9.91. The van der Waals surface area contributed by atoms with Crippen LogP contribution in [-0.2, 0) is 11.4 Å². The summed E-state index contributed by atoms with van der Waals surface area (Å²) < 4.78 is 25.7. The van der Waals surface area contributed by atoms with Crippen LogP contribution in [0.15, 0.2) is 72.8 Å². The molecule has 0 radical (unpaired) electrons. The van der Waals surface area contributed by atoms with Gasteiger partial charge in [0, 0.05) is 0 Å². The quantitative estimate of drug-likeness (QED) is 0.506. The van der Waals surface area contributed by atoms with Gasteiger partial charge in [-0.3, -0.25) is 9.69 Å². The molecule has 172 valence electrons. The first-order chi connectivity index (χ1) is 16.0. The Labute approximate surface area is 193 Å². The second-order valence-electron chi connectivity index (χ2n) is 8.29. The molecule has 5 nitrogen and oxygen atoms in total. The van der Waals surface area contributed by atoms with Crippen molar-refractivity contribution in [2.45, 2.75) is 25.5 Å². The summed E-state index contributed by atoms with van der Waals surface area (Å²) in [6.07, 6.45) is 1.13. The fourth-order valence-electron chi connectivity index (χ4n) is 4.40. The topological polar surface area (TPSA) is 59.0 Å². The molecule has 1 saturated heterocycles. The van der Waals surface area contributed by atoms with Crippen LogP contribution in [0, 0.1) is 11.7 Å². The number of rotatable bonds is 8. The second kappa shape index (κ2) is 10.5. The predicted molar refractivity (Wildman–Crippen MR) is 124 cm³/mol. The second-order valence-corrected chi connectivity index (χ2v) is 8.29. The van der Waals surface area contributed by atoms with E-state index in [1.165, 1.54) is 6.07 Å². The van der Waals surface area contributed by atoms with Crippen molar-refractivity contribution in [1.82, 2.24) is 4.90 Å². The van der Waals surface area contributed by atoms with E-state index in [1.807, 2.05) is 54.6 Å². The molecule has 1 heterocycles. The predicted octanol–water partition coefficient (Wildman–Crippen LogP) is 5.30. The zero-order valence-electron chi connectivity index (χ0n) is 18.6. The Morgan fingerprint density at radius 1 is 1.00 bits per heavy atom. The van der Waals surface area contributed by atoms with Crippen molar-refractivity contribution in [3.8, 4) is 11.5 Å². The number of aliphatic carboxylic acids is 1. The normalized spacial score (nSPS) is 15.7. The van der Waals surface area contributed by atoms with E-state index >= 15 is 0 Å². The van der Waals surface area contributed by atoms with E-state index in [9.17, 15) is 14.3 Å². The molecule has 3 aromatic carbocycles. The highest BCUT2D eigenvalue weighted by molar-refractivity contribution is 5.70. The van der Waals surface area contributed by atoms with E-state index in [0.29, 0.717) is 44.0 Å². The molecule has 3 aromatic rings. The van der Waals surface area contributed by atoms with Gasteiger partial charge >= 0.3 is 5.97 Å². The smallest absolute Gasteiger partial charge is 0.306 e. The average molecular weight is 450 g/mol. The lowest BCUT2D eigenvalue weighted by Gasteiger charge is -2.37. The first-order valence-corrected chi connectivity index (χ1v) is 11.1. The first-order valence-electron chi connectivity index (χ1n) is 11.1. The minimum absolute atomic E-state index is 0.215. The number of carboxylic acid groups (broad SMARTS) is 1. The van der Waals surface area contributed by atoms with Gasteiger partial charge in [-0.05, 0) is 66.9 Å². The largest absolute Gasteiger partial charge is 0.493 e. The minimum Gasteiger partial charge on any atom is -0.493 e. The highest BCUT2D eigenvalue weighted by atomic mass is 19.1. The summed E-state index contributed by atoms with van der Waals surface area (Å²) in [5, 5.41) is 9.37. The van der Waals surface area contributed by atoms with Gasteiger partial charge < -0.3 is 14.6 Å². The molecule has 33 heavy (non-hydrogen) atoms. The molecule has 0 aromatic heterocycles. The van der Waals surface area contributed by atoms with Crippen LogP contribution >= 0.6 is 0 Å². The molecule has 0 bridgehead atoms. The molecule has 1 N–H and O–H groups in total. The number of methoxy groups -OCH3 is 1. The van der Waals surface area contributed by atoms with Crippen molar-refractivity contribution in [1.29, 1.82) is 0 Å². The van der Waals surface area contributed by atoms with Gasteiger partial charge in [0.25, 0.3) is 0 Å². The number of carbonyl (C=O) groups is 1. The van der Waals surface area contributed by atoms with Gasteiger partial charge in [0.05, 0.1) is 19.1 Å². The summed E-state index contributed by atoms with van der Waals surface area (Å²) >= 11 is 0. The molecule has 0 saturated carbocycles. The molecule has 6 heteroatoms. The maximum atomic E-state index is 14.1. The number of hydrogen-bond donors (Lipinski definition) is 1. The fraction of sp³-hybridized carbons (Fsp3) is 0.296. The Morgan fingerprint density at radius 3 is 2.39 bits per heavy atom. The number of hydrogen-bond acceptors (Lipinski definition) is 4. The van der Waals surface area contributed by atoms with Crippen molar-refractivity contribution in [2.24, 2.45) is 5.92 Å². The maximum absolute atomic E-state index is 14.1. The molecule has 0 amide bonds. The molecule has 1 atom stereocenters. The molecule has 1 unspecified atom stereocenters. The van der Waals surface area contributed by atoms with E-state index in [0.717, 1.165) is 16.7 Å². The van der Waals surface area contributed by atoms with E-state index in [-0.39, 0.29) is 17.8 Å². The number of piperidine rings is 1. The van der Waals surface area contributed by atoms with Crippen LogP contribution in [0.2, 0.25) is 0 Å². The Morgan fingerprint density at radius 2 is 1.73 bits per heavy atom. The van der Waals surface area contributed by atoms with Crippen LogP contribution in [0.3, 0.4) is 0 Å². The summed E-state index contributed by atoms with van der Waals surface area (Å²) in [6.45, 7) is 1.66. The minimum atomic E-state index is -0.751. The fourth-order valence-corrected chi connectivity index (χ4v) is 4.40. The Kier molecular flexibility index (Phi) is 7.25. The summed E-state index contributed by atoms with van der Waals surface area (Å²) in [5.74, 6) is -0.151. The van der Waals surface area contributed by atoms with Crippen LogP contribution < -0.4 is 9.47 Å². The van der Waals surface area contributed by atoms with Crippen LogP contribution in [0.25, 0.3) is 0 Å². The van der Waals surface area contributed by atoms with Gasteiger partial charge in [0.15, 0.2) is 11.5 Å². The number of halogens is 1. The third kappa shape index (κ3) is 5.52. The molecular formula is C27H28FNO4. The van der Waals surface area contributed by atoms with E-state index in [2.05, 4.69) is 4.90 Å². The molecule has 1 aliphatic rings. The number of benzene rings is 3. The van der Waals surface area contributed by atoms with Crippen molar-refractivity contribution in [3.05, 3.63) is 95.3 Å². The monoisotopic (exact) mass is 449 g/mol. The van der Waals surface area contributed by atoms with E-state index < -0.39 is 5.97 Å². The molecule has 1 fully saturated rings. The number of ether oxygens (including phenoxy) is 2. The standard InChI is InChI=1S/C27H28FNO4/c1-32-25-17-22(10-11-24(25)33-18-19-6-3-2-4-7-19)26(21-8-5-9-23(28)16-21)29-14-12-20(13-15-29)27(30)31/h2-11,16-17,20,26H,12-15,18H2,1H3,(H,30,31). The van der Waals surface area contributed by atoms with E-state index in [1.54, 1.807) is 19.2 Å². The van der Waals surface area contributed by atoms with Gasteiger partial charge in [-0.2, -0.15) is 0 Å². The Bertz CT molecular complexity index is 1080. The zero-order valence-corrected chi connectivity index (χ0v) is 18.6. The van der Waals surface area contributed by atoms with Crippen LogP contribution in [-0.4, -0.2) is 36.2 Å². The molecule has 1 aliphatic heterocycles. The third-order valence-electron chi connectivity index (χ3n) is 6.15. The SMILES string of the molecule is COc1cc(C(c2cccc(F)c2)N2CCC(C(=O)O)CC2)ccc1OCc1ccccc1. The zero-order chi connectivity index (χ0) is 23.2. The van der Waals surface area contributed by atoms with Crippen molar-refractivity contribution in [3.63, 3.8) is 0 Å². The van der Waals surface area contributed by atoms with E-state index in [4.69, 9.17) is 9.47 Å². The molecule has 0 spiro atoms. The van der Waals surface area contributed by atoms with Crippen LogP contribution in [0.5, 0.6) is 11.5 Å². The van der Waals surface area contributed by atoms with Crippen molar-refractivity contribution < 1.29 is 23.8 Å². The Hall–Kier alpha value is -3.38. The van der Waals surface area contributed by atoms with Gasteiger partial charge in [-0.25, -0.2) is 4.39 Å². The van der Waals surface area contributed by atoms with Crippen LogP contribution in [0.1, 0.15) is 35.6 Å². The van der Waals surface area contributed by atoms with Crippen molar-refractivity contribution >= 4 is 5.97 Å².